The van der Waals surface area contributed by atoms with E-state index < -0.39 is 0 Å². The lowest BCUT2D eigenvalue weighted by atomic mass is 10.1. The lowest BCUT2D eigenvalue weighted by Crippen LogP contribution is -2.24. The lowest BCUT2D eigenvalue weighted by Gasteiger charge is -2.10. The zero-order valence-electron chi connectivity index (χ0n) is 13.1. The minimum atomic E-state index is -0.362. The van der Waals surface area contributed by atoms with Gasteiger partial charge in [0.1, 0.15) is 5.75 Å². The molecule has 1 aromatic rings. The van der Waals surface area contributed by atoms with Gasteiger partial charge in [-0.15, -0.1) is 0 Å². The monoisotopic (exact) mass is 293 g/mol. The zero-order valence-corrected chi connectivity index (χ0v) is 13.1. The van der Waals surface area contributed by atoms with E-state index in [0.717, 1.165) is 37.0 Å². The van der Waals surface area contributed by atoms with Crippen molar-refractivity contribution in [3.05, 3.63) is 29.8 Å². The first-order valence-electron chi connectivity index (χ1n) is 7.73. The molecule has 1 rings (SSSR count). The Balaban J connectivity index is 2.21. The van der Waals surface area contributed by atoms with Gasteiger partial charge in [0.25, 0.3) is 0 Å². The largest absolute Gasteiger partial charge is 0.497 e. The third-order valence-corrected chi connectivity index (χ3v) is 3.47. The highest BCUT2D eigenvalue weighted by atomic mass is 16.5. The molecule has 0 saturated carbocycles. The van der Waals surface area contributed by atoms with Crippen molar-refractivity contribution >= 4 is 5.91 Å². The molecule has 0 spiro atoms. The quantitative estimate of drug-likeness (QED) is 0.652. The average Bonchev–Trinajstić information content (AvgIpc) is 2.51. The first kappa shape index (κ1) is 17.5. The maximum absolute atomic E-state index is 11.8. The molecule has 0 aliphatic carbocycles. The van der Waals surface area contributed by atoms with Crippen molar-refractivity contribution in [2.75, 3.05) is 7.11 Å². The third kappa shape index (κ3) is 7.71. The van der Waals surface area contributed by atoms with Crippen LogP contribution in [0.1, 0.15) is 51.0 Å². The molecule has 4 heteroatoms. The molecule has 0 aliphatic heterocycles. The van der Waals surface area contributed by atoms with E-state index in [0.29, 0.717) is 19.4 Å². The molecule has 2 N–H and O–H groups in total. The SMILES string of the molecule is CCCCCC(O)CCC(=O)NCc1cccc(OC)c1. The summed E-state index contributed by atoms with van der Waals surface area (Å²) in [5, 5.41) is 12.6. The van der Waals surface area contributed by atoms with Gasteiger partial charge in [-0.1, -0.05) is 38.3 Å². The number of hydrogen-bond acceptors (Lipinski definition) is 3. The number of aliphatic hydroxyl groups is 1. The van der Waals surface area contributed by atoms with Gasteiger partial charge in [0.15, 0.2) is 0 Å². The number of methoxy groups -OCH3 is 1. The van der Waals surface area contributed by atoms with Crippen LogP contribution >= 0.6 is 0 Å². The highest BCUT2D eigenvalue weighted by molar-refractivity contribution is 5.75. The fraction of sp³-hybridized carbons (Fsp3) is 0.588. The number of carbonyl (C=O) groups excluding carboxylic acids is 1. The second-order valence-electron chi connectivity index (χ2n) is 5.32. The highest BCUT2D eigenvalue weighted by Gasteiger charge is 2.08. The standard InChI is InChI=1S/C17H27NO3/c1-3-4-5-8-15(19)10-11-17(20)18-13-14-7-6-9-16(12-14)21-2/h6-7,9,12,15,19H,3-5,8,10-11,13H2,1-2H3,(H,18,20). The normalized spacial score (nSPS) is 12.0. The van der Waals surface area contributed by atoms with E-state index in [2.05, 4.69) is 12.2 Å². The molecule has 0 bridgehead atoms. The molecule has 0 saturated heterocycles. The van der Waals surface area contributed by atoms with Crippen molar-refractivity contribution in [2.45, 2.75) is 58.1 Å². The van der Waals surface area contributed by atoms with E-state index in [1.165, 1.54) is 0 Å². The van der Waals surface area contributed by atoms with Crippen LogP contribution in [0.15, 0.2) is 24.3 Å². The minimum absolute atomic E-state index is 0.0210. The summed E-state index contributed by atoms with van der Waals surface area (Å²) >= 11 is 0. The molecule has 1 unspecified atom stereocenters. The van der Waals surface area contributed by atoms with Gasteiger partial charge in [0, 0.05) is 13.0 Å². The molecule has 1 amide bonds. The van der Waals surface area contributed by atoms with E-state index in [1.54, 1.807) is 7.11 Å². The average molecular weight is 293 g/mol. The molecule has 0 aliphatic rings. The number of rotatable bonds is 10. The van der Waals surface area contributed by atoms with Crippen LogP contribution in [-0.4, -0.2) is 24.2 Å². The molecule has 0 radical (unpaired) electrons. The third-order valence-electron chi connectivity index (χ3n) is 3.47. The van der Waals surface area contributed by atoms with Crippen molar-refractivity contribution in [2.24, 2.45) is 0 Å². The van der Waals surface area contributed by atoms with Crippen molar-refractivity contribution in [3.63, 3.8) is 0 Å². The maximum Gasteiger partial charge on any atom is 0.220 e. The predicted molar refractivity (Wildman–Crippen MR) is 84.2 cm³/mol. The Labute approximate surface area is 127 Å². The molecule has 0 heterocycles. The number of carbonyl (C=O) groups is 1. The van der Waals surface area contributed by atoms with E-state index in [-0.39, 0.29) is 12.0 Å². The predicted octanol–water partition coefficient (Wildman–Crippen LogP) is 3.03. The van der Waals surface area contributed by atoms with Crippen LogP contribution in [0.3, 0.4) is 0 Å². The summed E-state index contributed by atoms with van der Waals surface area (Å²) in [4.78, 5) is 11.8. The smallest absolute Gasteiger partial charge is 0.220 e. The Hall–Kier alpha value is -1.55. The Morgan fingerprint density at radius 3 is 2.86 bits per heavy atom. The first-order valence-corrected chi connectivity index (χ1v) is 7.73. The van der Waals surface area contributed by atoms with E-state index in [9.17, 15) is 9.90 Å². The van der Waals surface area contributed by atoms with Gasteiger partial charge in [-0.2, -0.15) is 0 Å². The summed E-state index contributed by atoms with van der Waals surface area (Å²) in [6.45, 7) is 2.63. The molecular formula is C17H27NO3. The van der Waals surface area contributed by atoms with Gasteiger partial charge in [0.2, 0.25) is 5.91 Å². The van der Waals surface area contributed by atoms with E-state index >= 15 is 0 Å². The topological polar surface area (TPSA) is 58.6 Å². The zero-order chi connectivity index (χ0) is 15.5. The van der Waals surface area contributed by atoms with Gasteiger partial charge >= 0.3 is 0 Å². The molecule has 0 aromatic heterocycles. The van der Waals surface area contributed by atoms with Crippen LogP contribution in [0.2, 0.25) is 0 Å². The molecule has 118 valence electrons. The van der Waals surface area contributed by atoms with Crippen molar-refractivity contribution in [3.8, 4) is 5.75 Å². The van der Waals surface area contributed by atoms with Gasteiger partial charge in [-0.05, 0) is 30.5 Å². The van der Waals surface area contributed by atoms with Crippen LogP contribution in [0.5, 0.6) is 5.75 Å². The molecule has 4 nitrogen and oxygen atoms in total. The van der Waals surface area contributed by atoms with Crippen molar-refractivity contribution in [1.29, 1.82) is 0 Å². The molecule has 0 fully saturated rings. The number of hydrogen-bond donors (Lipinski definition) is 2. The summed E-state index contributed by atoms with van der Waals surface area (Å²) in [7, 11) is 1.62. The number of unbranched alkanes of at least 4 members (excludes halogenated alkanes) is 2. The van der Waals surface area contributed by atoms with Gasteiger partial charge < -0.3 is 15.2 Å². The molecular weight excluding hydrogens is 266 g/mol. The summed E-state index contributed by atoms with van der Waals surface area (Å²) in [5.74, 6) is 0.764. The number of aliphatic hydroxyl groups excluding tert-OH is 1. The van der Waals surface area contributed by atoms with Crippen molar-refractivity contribution < 1.29 is 14.6 Å². The molecule has 1 atom stereocenters. The summed E-state index contributed by atoms with van der Waals surface area (Å²) < 4.78 is 5.14. The number of benzene rings is 1. The van der Waals surface area contributed by atoms with Crippen LogP contribution in [-0.2, 0) is 11.3 Å². The summed E-state index contributed by atoms with van der Waals surface area (Å²) in [6, 6.07) is 7.62. The number of nitrogens with one attached hydrogen (secondary N) is 1. The van der Waals surface area contributed by atoms with Crippen molar-refractivity contribution in [1.82, 2.24) is 5.32 Å². The highest BCUT2D eigenvalue weighted by Crippen LogP contribution is 2.12. The Morgan fingerprint density at radius 1 is 1.33 bits per heavy atom. The lowest BCUT2D eigenvalue weighted by molar-refractivity contribution is -0.121. The van der Waals surface area contributed by atoms with Gasteiger partial charge in [-0.3, -0.25) is 4.79 Å². The van der Waals surface area contributed by atoms with E-state index in [4.69, 9.17) is 4.74 Å². The Kier molecular flexibility index (Phi) is 8.51. The Morgan fingerprint density at radius 2 is 2.14 bits per heavy atom. The Bertz CT molecular complexity index is 420. The van der Waals surface area contributed by atoms with Crippen LogP contribution in [0.4, 0.5) is 0 Å². The maximum atomic E-state index is 11.8. The number of ether oxygens (including phenoxy) is 1. The van der Waals surface area contributed by atoms with Crippen LogP contribution in [0.25, 0.3) is 0 Å². The van der Waals surface area contributed by atoms with Gasteiger partial charge in [0.05, 0.1) is 13.2 Å². The van der Waals surface area contributed by atoms with Crippen LogP contribution in [0, 0.1) is 0 Å². The van der Waals surface area contributed by atoms with Gasteiger partial charge in [-0.25, -0.2) is 0 Å². The van der Waals surface area contributed by atoms with E-state index in [1.807, 2.05) is 24.3 Å². The minimum Gasteiger partial charge on any atom is -0.497 e. The second kappa shape index (κ2) is 10.2. The fourth-order valence-electron chi connectivity index (χ4n) is 2.14. The second-order valence-corrected chi connectivity index (χ2v) is 5.32. The summed E-state index contributed by atoms with van der Waals surface area (Å²) in [6.07, 6.45) is 4.65. The fourth-order valence-corrected chi connectivity index (χ4v) is 2.14. The number of amides is 1. The molecule has 1 aromatic carbocycles. The first-order chi connectivity index (χ1) is 10.2. The molecule has 21 heavy (non-hydrogen) atoms. The summed E-state index contributed by atoms with van der Waals surface area (Å²) in [5.41, 5.74) is 1.01. The van der Waals surface area contributed by atoms with Crippen LogP contribution < -0.4 is 10.1 Å².